The average molecular weight is 348 g/mol. The molecule has 3 aliphatic heterocycles. The van der Waals surface area contributed by atoms with Crippen LogP contribution in [0.5, 0.6) is 5.75 Å². The van der Waals surface area contributed by atoms with Gasteiger partial charge >= 0.3 is 7.12 Å². The molecule has 6 nitrogen and oxygen atoms in total. The van der Waals surface area contributed by atoms with Gasteiger partial charge in [-0.15, -0.1) is 0 Å². The molecule has 1 N–H and O–H groups in total. The monoisotopic (exact) mass is 348 g/mol. The van der Waals surface area contributed by atoms with Gasteiger partial charge in [-0.1, -0.05) is 12.1 Å². The molecule has 136 valence electrons. The van der Waals surface area contributed by atoms with E-state index in [-0.39, 0.29) is 36.6 Å². The van der Waals surface area contributed by atoms with Crippen molar-refractivity contribution in [2.24, 2.45) is 0 Å². The van der Waals surface area contributed by atoms with Crippen molar-refractivity contribution in [1.82, 2.24) is 0 Å². The lowest BCUT2D eigenvalue weighted by Crippen LogP contribution is -2.41. The zero-order chi connectivity index (χ0) is 17.8. The Morgan fingerprint density at radius 1 is 0.960 bits per heavy atom. The Labute approximate surface area is 148 Å². The molecule has 3 saturated heterocycles. The summed E-state index contributed by atoms with van der Waals surface area (Å²) in [5, 5.41) is 9.79. The van der Waals surface area contributed by atoms with Crippen LogP contribution < -0.4 is 10.2 Å². The van der Waals surface area contributed by atoms with Crippen LogP contribution in [0.2, 0.25) is 0 Å². The van der Waals surface area contributed by atoms with E-state index in [1.165, 1.54) is 0 Å². The first kappa shape index (κ1) is 17.3. The maximum Gasteiger partial charge on any atom is 0.494 e. The average Bonchev–Trinajstić information content (AvgIpc) is 3.16. The van der Waals surface area contributed by atoms with E-state index in [1.54, 1.807) is 0 Å². The van der Waals surface area contributed by atoms with Crippen LogP contribution >= 0.6 is 0 Å². The second kappa shape index (κ2) is 5.96. The van der Waals surface area contributed by atoms with Crippen molar-refractivity contribution in [2.45, 2.75) is 63.3 Å². The van der Waals surface area contributed by atoms with Crippen LogP contribution in [0.1, 0.15) is 27.7 Å². The molecule has 0 unspecified atom stereocenters. The summed E-state index contributed by atoms with van der Waals surface area (Å²) in [4.78, 5) is 0. The molecule has 0 aromatic heterocycles. The Morgan fingerprint density at radius 3 is 2.20 bits per heavy atom. The number of rotatable bonds is 3. The molecule has 0 bridgehead atoms. The molecule has 0 aliphatic carbocycles. The summed E-state index contributed by atoms with van der Waals surface area (Å²) >= 11 is 0. The molecule has 0 spiro atoms. The SMILES string of the molecule is CC1(C)OB(c2ccc(O[C@@H]3CO[C@@H]4[C@H]3OC[C@@H]4O)cc2)OC1(C)C. The Morgan fingerprint density at radius 2 is 1.56 bits per heavy atom. The van der Waals surface area contributed by atoms with Gasteiger partial charge in [0.25, 0.3) is 0 Å². The highest BCUT2D eigenvalue weighted by molar-refractivity contribution is 6.62. The lowest BCUT2D eigenvalue weighted by atomic mass is 9.79. The van der Waals surface area contributed by atoms with E-state index >= 15 is 0 Å². The Hall–Kier alpha value is -1.12. The third-order valence-corrected chi connectivity index (χ3v) is 5.67. The number of fused-ring (bicyclic) bond motifs is 1. The molecule has 1 aromatic rings. The highest BCUT2D eigenvalue weighted by atomic mass is 16.7. The lowest BCUT2D eigenvalue weighted by Gasteiger charge is -2.32. The molecule has 25 heavy (non-hydrogen) atoms. The third kappa shape index (κ3) is 2.98. The molecule has 0 saturated carbocycles. The predicted molar refractivity (Wildman–Crippen MR) is 92.1 cm³/mol. The molecule has 7 heteroatoms. The quantitative estimate of drug-likeness (QED) is 0.819. The number of aliphatic hydroxyl groups excluding tert-OH is 1. The van der Waals surface area contributed by atoms with E-state index in [1.807, 2.05) is 52.0 Å². The van der Waals surface area contributed by atoms with Crippen LogP contribution in [0.3, 0.4) is 0 Å². The molecule has 0 radical (unpaired) electrons. The van der Waals surface area contributed by atoms with Gasteiger partial charge in [-0.25, -0.2) is 0 Å². The van der Waals surface area contributed by atoms with Gasteiger partial charge in [0.1, 0.15) is 24.1 Å². The van der Waals surface area contributed by atoms with Crippen LogP contribution in [0.4, 0.5) is 0 Å². The summed E-state index contributed by atoms with van der Waals surface area (Å²) in [6.07, 6.45) is -1.26. The second-order valence-corrected chi connectivity index (χ2v) is 7.98. The number of hydrogen-bond acceptors (Lipinski definition) is 6. The van der Waals surface area contributed by atoms with Crippen molar-refractivity contribution in [3.8, 4) is 5.75 Å². The van der Waals surface area contributed by atoms with Gasteiger partial charge in [0.15, 0.2) is 6.10 Å². The fourth-order valence-electron chi connectivity index (χ4n) is 3.40. The predicted octanol–water partition coefficient (Wildman–Crippen LogP) is 0.892. The number of ether oxygens (including phenoxy) is 3. The first-order valence-electron chi connectivity index (χ1n) is 8.80. The fourth-order valence-corrected chi connectivity index (χ4v) is 3.40. The largest absolute Gasteiger partial charge is 0.494 e. The van der Waals surface area contributed by atoms with Gasteiger partial charge in [0.2, 0.25) is 0 Å². The highest BCUT2D eigenvalue weighted by Crippen LogP contribution is 2.36. The third-order valence-electron chi connectivity index (χ3n) is 5.67. The Bertz CT molecular complexity index is 615. The second-order valence-electron chi connectivity index (χ2n) is 7.98. The van der Waals surface area contributed by atoms with Crippen LogP contribution in [0, 0.1) is 0 Å². The topological polar surface area (TPSA) is 66.4 Å². The van der Waals surface area contributed by atoms with Crippen LogP contribution in [0.25, 0.3) is 0 Å². The molecular formula is C18H25BO6. The number of aliphatic hydroxyl groups is 1. The number of hydrogen-bond donors (Lipinski definition) is 1. The molecule has 1 aromatic carbocycles. The summed E-state index contributed by atoms with van der Waals surface area (Å²) in [6.45, 7) is 8.88. The minimum atomic E-state index is -0.565. The Balaban J connectivity index is 1.42. The standard InChI is InChI=1S/C18H25BO6/c1-17(2)18(3,4)25-19(24-17)11-5-7-12(8-6-11)23-14-10-22-15-13(20)9-21-16(14)15/h5-8,13-16,20H,9-10H2,1-4H3/t13-,14+,15-,16-/m0/s1. The molecule has 3 heterocycles. The number of benzene rings is 1. The molecule has 3 fully saturated rings. The molecule has 3 aliphatic rings. The zero-order valence-electron chi connectivity index (χ0n) is 15.1. The highest BCUT2D eigenvalue weighted by Gasteiger charge is 2.52. The van der Waals surface area contributed by atoms with Gasteiger partial charge in [0.05, 0.1) is 24.4 Å². The molecular weight excluding hydrogens is 323 g/mol. The van der Waals surface area contributed by atoms with Crippen molar-refractivity contribution in [3.05, 3.63) is 24.3 Å². The summed E-state index contributed by atoms with van der Waals surface area (Å²) < 4.78 is 29.3. The smallest absolute Gasteiger partial charge is 0.485 e. The van der Waals surface area contributed by atoms with Crippen molar-refractivity contribution < 1.29 is 28.6 Å². The van der Waals surface area contributed by atoms with Gasteiger partial charge in [-0.05, 0) is 45.3 Å². The van der Waals surface area contributed by atoms with Gasteiger partial charge in [-0.3, -0.25) is 0 Å². The van der Waals surface area contributed by atoms with Crippen molar-refractivity contribution in [3.63, 3.8) is 0 Å². The first-order chi connectivity index (χ1) is 11.8. The summed E-state index contributed by atoms with van der Waals surface area (Å²) in [7, 11) is -0.383. The van der Waals surface area contributed by atoms with Crippen molar-refractivity contribution in [1.29, 1.82) is 0 Å². The van der Waals surface area contributed by atoms with E-state index in [0.29, 0.717) is 13.2 Å². The minimum absolute atomic E-state index is 0.204. The normalized spacial score (nSPS) is 35.8. The molecule has 0 amide bonds. The van der Waals surface area contributed by atoms with Gasteiger partial charge < -0.3 is 28.6 Å². The maximum atomic E-state index is 9.79. The zero-order valence-corrected chi connectivity index (χ0v) is 15.1. The Kier molecular flexibility index (Phi) is 4.13. The first-order valence-corrected chi connectivity index (χ1v) is 8.80. The van der Waals surface area contributed by atoms with E-state index in [2.05, 4.69) is 0 Å². The van der Waals surface area contributed by atoms with Crippen molar-refractivity contribution in [2.75, 3.05) is 13.2 Å². The molecule has 4 atom stereocenters. The summed E-state index contributed by atoms with van der Waals surface area (Å²) in [5.74, 6) is 0.736. The summed E-state index contributed by atoms with van der Waals surface area (Å²) in [5.41, 5.74) is 0.243. The molecule has 4 rings (SSSR count). The maximum absolute atomic E-state index is 9.79. The van der Waals surface area contributed by atoms with Gasteiger partial charge in [-0.2, -0.15) is 0 Å². The van der Waals surface area contributed by atoms with Crippen LogP contribution in [-0.2, 0) is 18.8 Å². The lowest BCUT2D eigenvalue weighted by molar-refractivity contribution is 0.00578. The van der Waals surface area contributed by atoms with E-state index in [9.17, 15) is 5.11 Å². The fraction of sp³-hybridized carbons (Fsp3) is 0.667. The minimum Gasteiger partial charge on any atom is -0.485 e. The van der Waals surface area contributed by atoms with Crippen molar-refractivity contribution >= 4 is 12.6 Å². The van der Waals surface area contributed by atoms with E-state index < -0.39 is 6.10 Å². The van der Waals surface area contributed by atoms with Crippen LogP contribution in [0.15, 0.2) is 24.3 Å². The summed E-state index contributed by atoms with van der Waals surface area (Å²) in [6, 6.07) is 7.71. The van der Waals surface area contributed by atoms with Crippen LogP contribution in [-0.4, -0.2) is 61.1 Å². The van der Waals surface area contributed by atoms with E-state index in [4.69, 9.17) is 23.5 Å². The van der Waals surface area contributed by atoms with E-state index in [0.717, 1.165) is 11.2 Å². The van der Waals surface area contributed by atoms with Gasteiger partial charge in [0, 0.05) is 0 Å².